The highest BCUT2D eigenvalue weighted by Crippen LogP contribution is 2.22. The Morgan fingerprint density at radius 2 is 2.30 bits per heavy atom. The van der Waals surface area contributed by atoms with Crippen LogP contribution >= 0.6 is 0 Å². The van der Waals surface area contributed by atoms with Crippen LogP contribution in [0.4, 0.5) is 5.82 Å². The molecule has 0 fully saturated rings. The van der Waals surface area contributed by atoms with Crippen LogP contribution in [0.15, 0.2) is 17.3 Å². The van der Waals surface area contributed by atoms with Crippen molar-refractivity contribution in [3.63, 3.8) is 0 Å². The number of aromatic nitrogens is 1. The number of nitroso groups, excluding NO2 is 1. The number of rotatable bonds is 1. The summed E-state index contributed by atoms with van der Waals surface area (Å²) in [6.45, 7) is 1.72. The Morgan fingerprint density at radius 1 is 1.60 bits per heavy atom. The molecule has 0 bridgehead atoms. The van der Waals surface area contributed by atoms with E-state index in [2.05, 4.69) is 10.2 Å². The van der Waals surface area contributed by atoms with Gasteiger partial charge in [-0.1, -0.05) is 0 Å². The predicted octanol–water partition coefficient (Wildman–Crippen LogP) is 1.49. The van der Waals surface area contributed by atoms with Gasteiger partial charge < -0.3 is 5.11 Å². The molecular weight excluding hydrogens is 132 g/mol. The summed E-state index contributed by atoms with van der Waals surface area (Å²) >= 11 is 0. The summed E-state index contributed by atoms with van der Waals surface area (Å²) in [5.74, 6) is -0.333. The molecule has 4 nitrogen and oxygen atoms in total. The van der Waals surface area contributed by atoms with E-state index in [-0.39, 0.29) is 11.6 Å². The summed E-state index contributed by atoms with van der Waals surface area (Å²) in [6, 6.07) is 2.99. The van der Waals surface area contributed by atoms with Gasteiger partial charge in [0.15, 0.2) is 5.75 Å². The Bertz CT molecular complexity index is 260. The Balaban J connectivity index is 3.21. The van der Waals surface area contributed by atoms with Crippen molar-refractivity contribution in [3.05, 3.63) is 22.7 Å². The molecule has 10 heavy (non-hydrogen) atoms. The summed E-state index contributed by atoms with van der Waals surface area (Å²) in [7, 11) is 0. The molecule has 0 saturated heterocycles. The minimum Gasteiger partial charge on any atom is -0.504 e. The van der Waals surface area contributed by atoms with E-state index in [1.807, 2.05) is 0 Å². The Morgan fingerprint density at radius 3 is 2.80 bits per heavy atom. The summed E-state index contributed by atoms with van der Waals surface area (Å²) in [4.78, 5) is 13.6. The van der Waals surface area contributed by atoms with E-state index in [1.165, 1.54) is 6.07 Å². The molecule has 1 aromatic rings. The van der Waals surface area contributed by atoms with Crippen molar-refractivity contribution in [1.82, 2.24) is 4.98 Å². The maximum absolute atomic E-state index is 9.91. The molecule has 0 aliphatic heterocycles. The fraction of sp³-hybridized carbons (Fsp3) is 0.167. The standard InChI is InChI=1S/C6H6N2O2/c1-4-2-3-5(9)6(7-4)8-10/h2-3,9H,1H3. The molecule has 0 aromatic carbocycles. The Labute approximate surface area is 57.5 Å². The number of nitrogens with zero attached hydrogens (tertiary/aromatic N) is 2. The smallest absolute Gasteiger partial charge is 0.238 e. The van der Waals surface area contributed by atoms with Crippen LogP contribution in [0.3, 0.4) is 0 Å². The fourth-order valence-electron chi connectivity index (χ4n) is 0.603. The van der Waals surface area contributed by atoms with Crippen molar-refractivity contribution in [2.24, 2.45) is 5.18 Å². The Hall–Kier alpha value is -1.45. The van der Waals surface area contributed by atoms with Gasteiger partial charge in [0, 0.05) is 5.69 Å². The molecule has 0 amide bonds. The average molecular weight is 138 g/mol. The van der Waals surface area contributed by atoms with Gasteiger partial charge in [-0.05, 0) is 24.2 Å². The van der Waals surface area contributed by atoms with E-state index in [1.54, 1.807) is 13.0 Å². The lowest BCUT2D eigenvalue weighted by Crippen LogP contribution is -1.78. The van der Waals surface area contributed by atoms with E-state index in [9.17, 15) is 4.91 Å². The van der Waals surface area contributed by atoms with Gasteiger partial charge in [0.1, 0.15) is 0 Å². The minimum absolute atomic E-state index is 0.153. The lowest BCUT2D eigenvalue weighted by atomic mass is 10.3. The lowest BCUT2D eigenvalue weighted by Gasteiger charge is -1.93. The number of hydrogen-bond donors (Lipinski definition) is 1. The van der Waals surface area contributed by atoms with Gasteiger partial charge in [-0.15, -0.1) is 4.91 Å². The molecular formula is C6H6N2O2. The van der Waals surface area contributed by atoms with Crippen molar-refractivity contribution in [1.29, 1.82) is 0 Å². The monoisotopic (exact) mass is 138 g/mol. The molecule has 0 aliphatic carbocycles. The summed E-state index contributed by atoms with van der Waals surface area (Å²) in [6.07, 6.45) is 0. The molecule has 1 heterocycles. The summed E-state index contributed by atoms with van der Waals surface area (Å²) < 4.78 is 0. The molecule has 0 aliphatic rings. The maximum atomic E-state index is 9.91. The van der Waals surface area contributed by atoms with E-state index in [0.717, 1.165) is 0 Å². The molecule has 1 aromatic heterocycles. The second kappa shape index (κ2) is 2.43. The van der Waals surface area contributed by atoms with Crippen LogP contribution in [0.1, 0.15) is 5.69 Å². The molecule has 0 radical (unpaired) electrons. The lowest BCUT2D eigenvalue weighted by molar-refractivity contribution is 0.474. The molecule has 1 N–H and O–H groups in total. The van der Waals surface area contributed by atoms with Crippen LogP contribution in [0.25, 0.3) is 0 Å². The van der Waals surface area contributed by atoms with Gasteiger partial charge in [0.05, 0.1) is 0 Å². The molecule has 0 spiro atoms. The van der Waals surface area contributed by atoms with Gasteiger partial charge >= 0.3 is 0 Å². The van der Waals surface area contributed by atoms with Crippen molar-refractivity contribution < 1.29 is 5.11 Å². The molecule has 1 rings (SSSR count). The maximum Gasteiger partial charge on any atom is 0.238 e. The molecule has 4 heteroatoms. The van der Waals surface area contributed by atoms with Crippen LogP contribution in [-0.2, 0) is 0 Å². The number of aromatic hydroxyl groups is 1. The summed E-state index contributed by atoms with van der Waals surface area (Å²) in [5, 5.41) is 11.4. The van der Waals surface area contributed by atoms with Gasteiger partial charge in [0.25, 0.3) is 0 Å². The van der Waals surface area contributed by atoms with Crippen LogP contribution in [0.5, 0.6) is 5.75 Å². The van der Waals surface area contributed by atoms with E-state index >= 15 is 0 Å². The van der Waals surface area contributed by atoms with Crippen molar-refractivity contribution in [3.8, 4) is 5.75 Å². The topological polar surface area (TPSA) is 62.6 Å². The van der Waals surface area contributed by atoms with Crippen molar-refractivity contribution >= 4 is 5.82 Å². The minimum atomic E-state index is -0.180. The third kappa shape index (κ3) is 1.10. The Kier molecular flexibility index (Phi) is 1.62. The molecule has 0 atom stereocenters. The van der Waals surface area contributed by atoms with Crippen LogP contribution < -0.4 is 0 Å². The number of pyridine rings is 1. The van der Waals surface area contributed by atoms with Gasteiger partial charge in [0.2, 0.25) is 5.82 Å². The second-order valence-corrected chi connectivity index (χ2v) is 1.89. The second-order valence-electron chi connectivity index (χ2n) is 1.89. The fourth-order valence-corrected chi connectivity index (χ4v) is 0.603. The normalized spacial score (nSPS) is 9.30. The first-order valence-electron chi connectivity index (χ1n) is 2.74. The molecule has 52 valence electrons. The van der Waals surface area contributed by atoms with Gasteiger partial charge in [-0.2, -0.15) is 0 Å². The van der Waals surface area contributed by atoms with Crippen molar-refractivity contribution in [2.45, 2.75) is 6.92 Å². The highest BCUT2D eigenvalue weighted by Gasteiger charge is 2.00. The quantitative estimate of drug-likeness (QED) is 0.598. The number of aryl methyl sites for hydroxylation is 1. The van der Waals surface area contributed by atoms with E-state index in [0.29, 0.717) is 5.69 Å². The van der Waals surface area contributed by atoms with Crippen molar-refractivity contribution in [2.75, 3.05) is 0 Å². The third-order valence-corrected chi connectivity index (χ3v) is 1.08. The highest BCUT2D eigenvalue weighted by atomic mass is 16.3. The van der Waals surface area contributed by atoms with E-state index < -0.39 is 0 Å². The predicted molar refractivity (Wildman–Crippen MR) is 36.1 cm³/mol. The molecule has 0 saturated carbocycles. The average Bonchev–Trinajstić information content (AvgIpc) is 1.94. The number of hydrogen-bond acceptors (Lipinski definition) is 4. The third-order valence-electron chi connectivity index (χ3n) is 1.08. The largest absolute Gasteiger partial charge is 0.504 e. The van der Waals surface area contributed by atoms with E-state index in [4.69, 9.17) is 5.11 Å². The first-order valence-corrected chi connectivity index (χ1v) is 2.74. The first-order chi connectivity index (χ1) is 4.74. The molecule has 0 unspecified atom stereocenters. The zero-order chi connectivity index (χ0) is 7.56. The zero-order valence-corrected chi connectivity index (χ0v) is 5.40. The summed E-state index contributed by atoms with van der Waals surface area (Å²) in [5.41, 5.74) is 0.660. The van der Waals surface area contributed by atoms with Gasteiger partial charge in [-0.3, -0.25) is 0 Å². The highest BCUT2D eigenvalue weighted by molar-refractivity contribution is 5.43. The SMILES string of the molecule is Cc1ccc(O)c(N=O)n1. The first kappa shape index (κ1) is 6.67. The van der Waals surface area contributed by atoms with Crippen LogP contribution in [-0.4, -0.2) is 10.1 Å². The zero-order valence-electron chi connectivity index (χ0n) is 5.40. The van der Waals surface area contributed by atoms with Crippen LogP contribution in [0.2, 0.25) is 0 Å². The van der Waals surface area contributed by atoms with Crippen LogP contribution in [0, 0.1) is 11.8 Å². The van der Waals surface area contributed by atoms with Gasteiger partial charge in [-0.25, -0.2) is 4.98 Å².